The van der Waals surface area contributed by atoms with Crippen LogP contribution in [0, 0.1) is 5.92 Å². The number of nitrogens with zero attached hydrogens (tertiary/aromatic N) is 1. The largest absolute Gasteiger partial charge is 0.481 e. The van der Waals surface area contributed by atoms with E-state index in [1.54, 1.807) is 39.0 Å². The van der Waals surface area contributed by atoms with Crippen LogP contribution >= 0.6 is 11.6 Å². The summed E-state index contributed by atoms with van der Waals surface area (Å²) >= 11 is 5.90. The third kappa shape index (κ3) is 6.35. The van der Waals surface area contributed by atoms with E-state index in [1.807, 2.05) is 6.07 Å². The van der Waals surface area contributed by atoms with Crippen molar-refractivity contribution in [3.63, 3.8) is 0 Å². The molecule has 1 rings (SSSR count). The molecule has 0 saturated heterocycles. The van der Waals surface area contributed by atoms with Gasteiger partial charge in [0.15, 0.2) is 0 Å². The Bertz CT molecular complexity index is 539. The van der Waals surface area contributed by atoms with Gasteiger partial charge in [0.05, 0.1) is 5.92 Å². The Hall–Kier alpha value is -1.75. The summed E-state index contributed by atoms with van der Waals surface area (Å²) in [6.07, 6.45) is -0.243. The zero-order chi connectivity index (χ0) is 16.9. The van der Waals surface area contributed by atoms with Crippen LogP contribution in [0.4, 0.5) is 4.79 Å². The SMILES string of the molecule is CN(CC(Cc1cccc(Cl)c1)C(=O)O)C(=O)OC(C)(C)C. The minimum atomic E-state index is -0.963. The first kappa shape index (κ1) is 18.3. The number of hydrogen-bond acceptors (Lipinski definition) is 3. The van der Waals surface area contributed by atoms with E-state index in [1.165, 1.54) is 11.9 Å². The van der Waals surface area contributed by atoms with Crippen molar-refractivity contribution in [2.45, 2.75) is 32.8 Å². The molecule has 1 atom stereocenters. The molecule has 22 heavy (non-hydrogen) atoms. The molecule has 1 N–H and O–H groups in total. The lowest BCUT2D eigenvalue weighted by Gasteiger charge is -2.26. The van der Waals surface area contributed by atoms with Crippen LogP contribution in [0.15, 0.2) is 24.3 Å². The fraction of sp³-hybridized carbons (Fsp3) is 0.500. The van der Waals surface area contributed by atoms with Gasteiger partial charge in [-0.25, -0.2) is 4.79 Å². The zero-order valence-electron chi connectivity index (χ0n) is 13.3. The Morgan fingerprint density at radius 3 is 2.50 bits per heavy atom. The highest BCUT2D eigenvalue weighted by molar-refractivity contribution is 6.30. The van der Waals surface area contributed by atoms with Gasteiger partial charge in [0.1, 0.15) is 5.60 Å². The molecule has 0 fully saturated rings. The molecule has 0 saturated carbocycles. The smallest absolute Gasteiger partial charge is 0.410 e. The number of carbonyl (C=O) groups is 2. The Labute approximate surface area is 135 Å². The summed E-state index contributed by atoms with van der Waals surface area (Å²) in [5.41, 5.74) is 0.203. The summed E-state index contributed by atoms with van der Waals surface area (Å²) in [5.74, 6) is -1.69. The number of ether oxygens (including phenoxy) is 1. The van der Waals surface area contributed by atoms with Crippen LogP contribution in [-0.4, -0.2) is 41.3 Å². The highest BCUT2D eigenvalue weighted by Crippen LogP contribution is 2.16. The Morgan fingerprint density at radius 2 is 2.00 bits per heavy atom. The van der Waals surface area contributed by atoms with Gasteiger partial charge >= 0.3 is 12.1 Å². The fourth-order valence-electron chi connectivity index (χ4n) is 1.92. The molecule has 0 aliphatic carbocycles. The topological polar surface area (TPSA) is 66.8 Å². The van der Waals surface area contributed by atoms with E-state index < -0.39 is 23.6 Å². The van der Waals surface area contributed by atoms with Crippen LogP contribution in [0.25, 0.3) is 0 Å². The van der Waals surface area contributed by atoms with E-state index in [-0.39, 0.29) is 6.54 Å². The molecular weight excluding hydrogens is 306 g/mol. The van der Waals surface area contributed by atoms with Gasteiger partial charge in [-0.3, -0.25) is 4.79 Å². The number of halogens is 1. The van der Waals surface area contributed by atoms with Crippen LogP contribution < -0.4 is 0 Å². The van der Waals surface area contributed by atoms with E-state index in [2.05, 4.69) is 0 Å². The molecule has 122 valence electrons. The molecule has 0 bridgehead atoms. The monoisotopic (exact) mass is 327 g/mol. The van der Waals surface area contributed by atoms with Crippen LogP contribution in [0.1, 0.15) is 26.3 Å². The van der Waals surface area contributed by atoms with Crippen molar-refractivity contribution in [1.82, 2.24) is 4.90 Å². The average molecular weight is 328 g/mol. The standard InChI is InChI=1S/C16H22ClNO4/c1-16(2,3)22-15(21)18(4)10-12(14(19)20)8-11-6-5-7-13(17)9-11/h5-7,9,12H,8,10H2,1-4H3,(H,19,20). The molecule has 6 heteroatoms. The van der Waals surface area contributed by atoms with Crippen LogP contribution in [-0.2, 0) is 16.0 Å². The maximum absolute atomic E-state index is 11.9. The van der Waals surface area contributed by atoms with E-state index in [0.29, 0.717) is 11.4 Å². The molecule has 0 radical (unpaired) electrons. The Kier molecular flexibility index (Phi) is 6.23. The highest BCUT2D eigenvalue weighted by Gasteiger charge is 2.25. The van der Waals surface area contributed by atoms with Crippen molar-refractivity contribution in [3.8, 4) is 0 Å². The molecule has 0 aromatic heterocycles. The zero-order valence-corrected chi connectivity index (χ0v) is 14.1. The molecule has 0 aliphatic heterocycles. The summed E-state index contributed by atoms with van der Waals surface area (Å²) < 4.78 is 5.22. The predicted molar refractivity (Wildman–Crippen MR) is 85.1 cm³/mol. The van der Waals surface area contributed by atoms with Crippen molar-refractivity contribution < 1.29 is 19.4 Å². The van der Waals surface area contributed by atoms with Crippen molar-refractivity contribution in [1.29, 1.82) is 0 Å². The molecule has 0 spiro atoms. The minimum absolute atomic E-state index is 0.0662. The molecule has 1 aromatic rings. The van der Waals surface area contributed by atoms with Crippen molar-refractivity contribution in [3.05, 3.63) is 34.9 Å². The summed E-state index contributed by atoms with van der Waals surface area (Å²) in [4.78, 5) is 24.6. The molecule has 1 aromatic carbocycles. The normalized spacial score (nSPS) is 12.6. The van der Waals surface area contributed by atoms with Gasteiger partial charge in [-0.2, -0.15) is 0 Å². The molecule has 1 unspecified atom stereocenters. The molecule has 1 amide bonds. The maximum atomic E-state index is 11.9. The second-order valence-corrected chi connectivity index (χ2v) is 6.67. The van der Waals surface area contributed by atoms with Crippen molar-refractivity contribution in [2.75, 3.05) is 13.6 Å². The van der Waals surface area contributed by atoms with Crippen LogP contribution in [0.2, 0.25) is 5.02 Å². The third-order valence-corrected chi connectivity index (χ3v) is 3.15. The lowest BCUT2D eigenvalue weighted by Crippen LogP contribution is -2.39. The van der Waals surface area contributed by atoms with Gasteiger partial charge in [0.2, 0.25) is 0 Å². The first-order valence-electron chi connectivity index (χ1n) is 7.00. The molecule has 0 heterocycles. The quantitative estimate of drug-likeness (QED) is 0.899. The Balaban J connectivity index is 2.72. The second-order valence-electron chi connectivity index (χ2n) is 6.23. The summed E-state index contributed by atoms with van der Waals surface area (Å²) in [7, 11) is 1.53. The predicted octanol–water partition coefficient (Wildman–Crippen LogP) is 3.45. The van der Waals surface area contributed by atoms with Crippen LogP contribution in [0.5, 0.6) is 0 Å². The molecule has 5 nitrogen and oxygen atoms in total. The first-order valence-corrected chi connectivity index (χ1v) is 7.37. The van der Waals surface area contributed by atoms with Crippen molar-refractivity contribution in [2.24, 2.45) is 5.92 Å². The van der Waals surface area contributed by atoms with E-state index in [0.717, 1.165) is 5.56 Å². The summed E-state index contributed by atoms with van der Waals surface area (Å²) in [5, 5.41) is 9.91. The van der Waals surface area contributed by atoms with Gasteiger partial charge in [-0.05, 0) is 44.9 Å². The number of rotatable bonds is 5. The second kappa shape index (κ2) is 7.49. The highest BCUT2D eigenvalue weighted by atomic mass is 35.5. The number of hydrogen-bond donors (Lipinski definition) is 1. The van der Waals surface area contributed by atoms with E-state index in [9.17, 15) is 14.7 Å². The number of benzene rings is 1. The third-order valence-electron chi connectivity index (χ3n) is 2.92. The van der Waals surface area contributed by atoms with Crippen LogP contribution in [0.3, 0.4) is 0 Å². The van der Waals surface area contributed by atoms with Crippen molar-refractivity contribution >= 4 is 23.7 Å². The summed E-state index contributed by atoms with van der Waals surface area (Å²) in [6.45, 7) is 5.36. The number of carbonyl (C=O) groups excluding carboxylic acids is 1. The summed E-state index contributed by atoms with van der Waals surface area (Å²) in [6, 6.07) is 7.04. The van der Waals surface area contributed by atoms with Gasteiger partial charge in [-0.1, -0.05) is 23.7 Å². The lowest BCUT2D eigenvalue weighted by atomic mass is 9.99. The van der Waals surface area contributed by atoms with E-state index in [4.69, 9.17) is 16.3 Å². The van der Waals surface area contributed by atoms with Gasteiger partial charge in [0.25, 0.3) is 0 Å². The van der Waals surface area contributed by atoms with Gasteiger partial charge in [0, 0.05) is 18.6 Å². The number of amides is 1. The lowest BCUT2D eigenvalue weighted by molar-refractivity contribution is -0.142. The maximum Gasteiger partial charge on any atom is 0.410 e. The fourth-order valence-corrected chi connectivity index (χ4v) is 2.14. The first-order chi connectivity index (χ1) is 10.1. The number of carboxylic acid groups (broad SMARTS) is 1. The van der Waals surface area contributed by atoms with E-state index >= 15 is 0 Å². The molecular formula is C16H22ClNO4. The average Bonchev–Trinajstić information content (AvgIpc) is 2.35. The minimum Gasteiger partial charge on any atom is -0.481 e. The molecule has 0 aliphatic rings. The Morgan fingerprint density at radius 1 is 1.36 bits per heavy atom. The van der Waals surface area contributed by atoms with Gasteiger partial charge < -0.3 is 14.7 Å². The van der Waals surface area contributed by atoms with Gasteiger partial charge in [-0.15, -0.1) is 0 Å². The number of carboxylic acids is 1. The number of aliphatic carboxylic acids is 1.